The number of methoxy groups -OCH3 is 3. The summed E-state index contributed by atoms with van der Waals surface area (Å²) in [7, 11) is 4.63. The Balaban J connectivity index is 1.65. The molecule has 3 atom stereocenters. The van der Waals surface area contributed by atoms with Crippen LogP contribution < -0.4 is 18.9 Å². The highest BCUT2D eigenvalue weighted by Gasteiger charge is 2.55. The second-order valence-electron chi connectivity index (χ2n) is 7.26. The summed E-state index contributed by atoms with van der Waals surface area (Å²) in [4.78, 5) is 12.6. The molecule has 0 unspecified atom stereocenters. The fourth-order valence-corrected chi connectivity index (χ4v) is 4.05. The SMILES string of the molecule is COc1ccc([C@@H](OC)[C@H]2COC(=O)[C@]2(O)Cc2ccc3c(c2)OCO3)cc1OC. The molecular weight excluding hydrogens is 392 g/mol. The molecule has 160 valence electrons. The number of cyclic esters (lactones) is 1. The summed E-state index contributed by atoms with van der Waals surface area (Å²) < 4.78 is 32.4. The van der Waals surface area contributed by atoms with Gasteiger partial charge < -0.3 is 33.5 Å². The van der Waals surface area contributed by atoms with Crippen LogP contribution in [0.25, 0.3) is 0 Å². The molecule has 0 saturated carbocycles. The van der Waals surface area contributed by atoms with Gasteiger partial charge in [0.25, 0.3) is 0 Å². The van der Waals surface area contributed by atoms with Gasteiger partial charge in [-0.25, -0.2) is 4.79 Å². The molecule has 8 heteroatoms. The Bertz CT molecular complexity index is 943. The largest absolute Gasteiger partial charge is 0.493 e. The van der Waals surface area contributed by atoms with Gasteiger partial charge in [-0.15, -0.1) is 0 Å². The number of benzene rings is 2. The number of rotatable bonds is 7. The number of aliphatic hydroxyl groups is 1. The topological polar surface area (TPSA) is 92.7 Å². The summed E-state index contributed by atoms with van der Waals surface area (Å²) in [6.45, 7) is 0.186. The zero-order valence-corrected chi connectivity index (χ0v) is 17.0. The van der Waals surface area contributed by atoms with E-state index in [2.05, 4.69) is 0 Å². The van der Waals surface area contributed by atoms with Crippen molar-refractivity contribution in [3.05, 3.63) is 47.5 Å². The van der Waals surface area contributed by atoms with Crippen LogP contribution in [0.3, 0.4) is 0 Å². The van der Waals surface area contributed by atoms with Crippen LogP contribution in [0.5, 0.6) is 23.0 Å². The zero-order valence-electron chi connectivity index (χ0n) is 17.0. The molecule has 0 aromatic heterocycles. The smallest absolute Gasteiger partial charge is 0.339 e. The number of esters is 1. The van der Waals surface area contributed by atoms with E-state index < -0.39 is 23.6 Å². The lowest BCUT2D eigenvalue weighted by Crippen LogP contribution is -2.45. The molecule has 2 heterocycles. The lowest BCUT2D eigenvalue weighted by Gasteiger charge is -2.31. The van der Waals surface area contributed by atoms with Crippen LogP contribution in [0.4, 0.5) is 0 Å². The average molecular weight is 416 g/mol. The highest BCUT2D eigenvalue weighted by atomic mass is 16.7. The van der Waals surface area contributed by atoms with Gasteiger partial charge in [-0.1, -0.05) is 12.1 Å². The normalized spacial score (nSPS) is 23.2. The fraction of sp³-hybridized carbons (Fsp3) is 0.409. The van der Waals surface area contributed by atoms with Crippen LogP contribution in [0, 0.1) is 5.92 Å². The van der Waals surface area contributed by atoms with Crippen molar-refractivity contribution >= 4 is 5.97 Å². The van der Waals surface area contributed by atoms with Crippen molar-refractivity contribution in [3.8, 4) is 23.0 Å². The molecule has 0 spiro atoms. The van der Waals surface area contributed by atoms with E-state index in [-0.39, 0.29) is 19.8 Å². The van der Waals surface area contributed by atoms with E-state index in [9.17, 15) is 9.90 Å². The van der Waals surface area contributed by atoms with E-state index in [1.165, 1.54) is 7.11 Å². The summed E-state index contributed by atoms with van der Waals surface area (Å²) in [6.07, 6.45) is -0.546. The van der Waals surface area contributed by atoms with E-state index in [0.717, 1.165) is 11.1 Å². The average Bonchev–Trinajstić information content (AvgIpc) is 3.33. The fourth-order valence-electron chi connectivity index (χ4n) is 4.05. The predicted molar refractivity (Wildman–Crippen MR) is 105 cm³/mol. The summed E-state index contributed by atoms with van der Waals surface area (Å²) in [5.41, 5.74) is -0.294. The maximum Gasteiger partial charge on any atom is 0.339 e. The van der Waals surface area contributed by atoms with E-state index >= 15 is 0 Å². The molecule has 0 radical (unpaired) electrons. The molecule has 1 saturated heterocycles. The number of carbonyl (C=O) groups is 1. The monoisotopic (exact) mass is 416 g/mol. The Morgan fingerprint density at radius 2 is 1.80 bits per heavy atom. The molecule has 1 N–H and O–H groups in total. The van der Waals surface area contributed by atoms with Gasteiger partial charge in [-0.2, -0.15) is 0 Å². The molecule has 2 aliphatic rings. The van der Waals surface area contributed by atoms with Gasteiger partial charge in [0.1, 0.15) is 6.61 Å². The van der Waals surface area contributed by atoms with Gasteiger partial charge >= 0.3 is 5.97 Å². The summed E-state index contributed by atoms with van der Waals surface area (Å²) in [5.74, 6) is 1.02. The van der Waals surface area contributed by atoms with Crippen molar-refractivity contribution in [3.63, 3.8) is 0 Å². The Labute approximate surface area is 174 Å². The maximum absolute atomic E-state index is 12.6. The summed E-state index contributed by atoms with van der Waals surface area (Å²) in [5, 5.41) is 11.4. The van der Waals surface area contributed by atoms with E-state index in [1.807, 2.05) is 6.07 Å². The molecule has 0 bridgehead atoms. The van der Waals surface area contributed by atoms with Crippen molar-refractivity contribution in [2.45, 2.75) is 18.1 Å². The molecule has 0 aliphatic carbocycles. The first-order chi connectivity index (χ1) is 14.5. The molecular formula is C22H24O8. The van der Waals surface area contributed by atoms with Gasteiger partial charge in [0, 0.05) is 13.5 Å². The van der Waals surface area contributed by atoms with Crippen molar-refractivity contribution in [2.24, 2.45) is 5.92 Å². The van der Waals surface area contributed by atoms with Crippen molar-refractivity contribution in [1.29, 1.82) is 0 Å². The first-order valence-electron chi connectivity index (χ1n) is 9.53. The van der Waals surface area contributed by atoms with Crippen LogP contribution in [0.2, 0.25) is 0 Å². The van der Waals surface area contributed by atoms with Gasteiger partial charge in [0.2, 0.25) is 6.79 Å². The molecule has 30 heavy (non-hydrogen) atoms. The molecule has 2 aromatic rings. The third-order valence-electron chi connectivity index (χ3n) is 5.63. The Hall–Kier alpha value is -2.97. The van der Waals surface area contributed by atoms with E-state index in [4.69, 9.17) is 28.4 Å². The number of carbonyl (C=O) groups excluding carboxylic acids is 1. The second-order valence-corrected chi connectivity index (χ2v) is 7.26. The van der Waals surface area contributed by atoms with Crippen LogP contribution in [0.15, 0.2) is 36.4 Å². The number of fused-ring (bicyclic) bond motifs is 1. The van der Waals surface area contributed by atoms with Crippen molar-refractivity contribution in [1.82, 2.24) is 0 Å². The lowest BCUT2D eigenvalue weighted by molar-refractivity contribution is -0.156. The highest BCUT2D eigenvalue weighted by Crippen LogP contribution is 2.43. The quantitative estimate of drug-likeness (QED) is 0.688. The van der Waals surface area contributed by atoms with Gasteiger partial charge in [-0.3, -0.25) is 0 Å². The predicted octanol–water partition coefficient (Wildman–Crippen LogP) is 2.27. The zero-order chi connectivity index (χ0) is 21.3. The first kappa shape index (κ1) is 20.3. The molecule has 4 rings (SSSR count). The Morgan fingerprint density at radius 3 is 2.53 bits per heavy atom. The van der Waals surface area contributed by atoms with Crippen molar-refractivity contribution in [2.75, 3.05) is 34.7 Å². The first-order valence-corrected chi connectivity index (χ1v) is 9.53. The number of ether oxygens (including phenoxy) is 6. The second kappa shape index (κ2) is 8.04. The van der Waals surface area contributed by atoms with Gasteiger partial charge in [0.05, 0.1) is 26.2 Å². The van der Waals surface area contributed by atoms with E-state index in [1.54, 1.807) is 44.6 Å². The van der Waals surface area contributed by atoms with Crippen molar-refractivity contribution < 1.29 is 38.3 Å². The maximum atomic E-state index is 12.6. The molecule has 2 aliphatic heterocycles. The Kier molecular flexibility index (Phi) is 5.44. The third kappa shape index (κ3) is 3.42. The van der Waals surface area contributed by atoms with Crippen LogP contribution >= 0.6 is 0 Å². The van der Waals surface area contributed by atoms with E-state index in [0.29, 0.717) is 23.0 Å². The summed E-state index contributed by atoms with van der Waals surface area (Å²) >= 11 is 0. The third-order valence-corrected chi connectivity index (χ3v) is 5.63. The van der Waals surface area contributed by atoms with Crippen LogP contribution in [-0.4, -0.2) is 51.4 Å². The molecule has 2 aromatic carbocycles. The van der Waals surface area contributed by atoms with Crippen LogP contribution in [0.1, 0.15) is 17.2 Å². The van der Waals surface area contributed by atoms with Gasteiger partial charge in [0.15, 0.2) is 28.6 Å². The van der Waals surface area contributed by atoms with Gasteiger partial charge in [-0.05, 0) is 35.4 Å². The highest BCUT2D eigenvalue weighted by molar-refractivity contribution is 5.82. The number of hydrogen-bond donors (Lipinski definition) is 1. The molecule has 1 fully saturated rings. The Morgan fingerprint density at radius 1 is 1.03 bits per heavy atom. The standard InChI is InChI=1S/C22H24O8/c1-25-16-7-5-14(9-18(16)26-2)20(27-3)15-11-28-21(23)22(15,24)10-13-4-6-17-19(8-13)30-12-29-17/h4-9,15,20,24H,10-12H2,1-3H3/t15-,20-,22+/m1/s1. The van der Waals surface area contributed by atoms with Crippen LogP contribution in [-0.2, 0) is 20.7 Å². The minimum atomic E-state index is -1.76. The molecule has 8 nitrogen and oxygen atoms in total. The lowest BCUT2D eigenvalue weighted by atomic mass is 9.79. The minimum Gasteiger partial charge on any atom is -0.493 e. The molecule has 0 amide bonds. The summed E-state index contributed by atoms with van der Waals surface area (Å²) in [6, 6.07) is 10.7. The number of hydrogen-bond acceptors (Lipinski definition) is 8. The minimum absolute atomic E-state index is 0.0345.